The predicted octanol–water partition coefficient (Wildman–Crippen LogP) is 1.14. The number of carbonyl (C=O) groups excluding carboxylic acids is 2. The quantitative estimate of drug-likeness (QED) is 0.710. The monoisotopic (exact) mass is 404 g/mol. The minimum absolute atomic E-state index is 0.172. The molecule has 8 nitrogen and oxygen atoms in total. The number of hydrogen-bond donors (Lipinski definition) is 0. The molecule has 148 valence electrons. The molecule has 2 heterocycles. The molecule has 0 spiro atoms. The molecular formula is C19H20N2O6S. The first-order valence-corrected chi connectivity index (χ1v) is 10.4. The van der Waals surface area contributed by atoms with Gasteiger partial charge in [-0.15, -0.1) is 0 Å². The molecule has 4 rings (SSSR count). The highest BCUT2D eigenvalue weighted by Gasteiger charge is 2.37. The van der Waals surface area contributed by atoms with Gasteiger partial charge in [0.15, 0.2) is 6.10 Å². The third kappa shape index (κ3) is 3.10. The van der Waals surface area contributed by atoms with E-state index < -0.39 is 28.6 Å². The molecule has 0 saturated carbocycles. The van der Waals surface area contributed by atoms with Gasteiger partial charge >= 0.3 is 5.97 Å². The van der Waals surface area contributed by atoms with E-state index in [9.17, 15) is 18.0 Å². The summed E-state index contributed by atoms with van der Waals surface area (Å²) >= 11 is 0. The molecule has 2 aliphatic rings. The van der Waals surface area contributed by atoms with E-state index in [0.29, 0.717) is 37.4 Å². The number of sulfonamides is 1. The number of esters is 1. The van der Waals surface area contributed by atoms with E-state index in [4.69, 9.17) is 9.47 Å². The van der Waals surface area contributed by atoms with Crippen LogP contribution >= 0.6 is 0 Å². The molecule has 1 unspecified atom stereocenters. The van der Waals surface area contributed by atoms with E-state index in [1.165, 1.54) is 13.0 Å². The summed E-state index contributed by atoms with van der Waals surface area (Å²) in [7, 11) is -3.85. The van der Waals surface area contributed by atoms with Crippen LogP contribution in [0, 0.1) is 0 Å². The summed E-state index contributed by atoms with van der Waals surface area (Å²) in [5, 5.41) is 1.38. The minimum Gasteiger partial charge on any atom is -0.451 e. The standard InChI is InChI=1S/C19H20N2O6S/c1-13(19(23)20-8-10-26-11-9-20)27-17(22)12-21-15-6-2-4-14-5-3-7-16(18(14)15)28(21,24)25/h2-7,13H,8-12H2,1H3. The van der Waals surface area contributed by atoms with Crippen LogP contribution in [-0.2, 0) is 29.1 Å². The van der Waals surface area contributed by atoms with E-state index in [0.717, 1.165) is 9.69 Å². The molecule has 2 aliphatic heterocycles. The number of rotatable bonds is 4. The van der Waals surface area contributed by atoms with Crippen molar-refractivity contribution in [1.82, 2.24) is 4.90 Å². The number of benzene rings is 2. The topological polar surface area (TPSA) is 93.2 Å². The Morgan fingerprint density at radius 1 is 1.14 bits per heavy atom. The molecule has 28 heavy (non-hydrogen) atoms. The summed E-state index contributed by atoms with van der Waals surface area (Å²) < 4.78 is 37.3. The lowest BCUT2D eigenvalue weighted by atomic mass is 10.1. The van der Waals surface area contributed by atoms with Gasteiger partial charge in [0.1, 0.15) is 6.54 Å². The maximum atomic E-state index is 12.9. The van der Waals surface area contributed by atoms with Crippen LogP contribution in [0.5, 0.6) is 0 Å². The van der Waals surface area contributed by atoms with Crippen LogP contribution in [0.3, 0.4) is 0 Å². The van der Waals surface area contributed by atoms with Gasteiger partial charge in [-0.1, -0.05) is 24.3 Å². The van der Waals surface area contributed by atoms with Gasteiger partial charge in [0.2, 0.25) is 0 Å². The molecule has 0 bridgehead atoms. The zero-order chi connectivity index (χ0) is 19.9. The average molecular weight is 404 g/mol. The van der Waals surface area contributed by atoms with Crippen molar-refractivity contribution in [3.63, 3.8) is 0 Å². The third-order valence-electron chi connectivity index (χ3n) is 4.93. The molecule has 1 saturated heterocycles. The molecular weight excluding hydrogens is 384 g/mol. The molecule has 0 aromatic heterocycles. The highest BCUT2D eigenvalue weighted by molar-refractivity contribution is 7.93. The summed E-state index contributed by atoms with van der Waals surface area (Å²) in [6, 6.07) is 10.2. The lowest BCUT2D eigenvalue weighted by Crippen LogP contribution is -2.46. The van der Waals surface area contributed by atoms with Gasteiger partial charge < -0.3 is 14.4 Å². The zero-order valence-electron chi connectivity index (χ0n) is 15.3. The number of morpholine rings is 1. The van der Waals surface area contributed by atoms with Crippen LogP contribution < -0.4 is 4.31 Å². The summed E-state index contributed by atoms with van der Waals surface area (Å²) in [6.45, 7) is 2.78. The number of hydrogen-bond acceptors (Lipinski definition) is 6. The molecule has 1 atom stereocenters. The number of ether oxygens (including phenoxy) is 2. The van der Waals surface area contributed by atoms with Crippen LogP contribution in [0.15, 0.2) is 41.3 Å². The van der Waals surface area contributed by atoms with Crippen molar-refractivity contribution in [1.29, 1.82) is 0 Å². The van der Waals surface area contributed by atoms with E-state index in [1.807, 2.05) is 12.1 Å². The van der Waals surface area contributed by atoms with Crippen LogP contribution in [0.1, 0.15) is 6.92 Å². The lowest BCUT2D eigenvalue weighted by Gasteiger charge is -2.29. The van der Waals surface area contributed by atoms with Crippen LogP contribution in [0.25, 0.3) is 10.8 Å². The van der Waals surface area contributed by atoms with Crippen molar-refractivity contribution in [2.24, 2.45) is 0 Å². The fourth-order valence-corrected chi connectivity index (χ4v) is 5.23. The van der Waals surface area contributed by atoms with Gasteiger partial charge in [-0.25, -0.2) is 8.42 Å². The van der Waals surface area contributed by atoms with Crippen molar-refractivity contribution >= 4 is 38.4 Å². The Labute approximate surface area is 162 Å². The zero-order valence-corrected chi connectivity index (χ0v) is 16.1. The Hall–Kier alpha value is -2.65. The second kappa shape index (κ2) is 7.06. The Bertz CT molecular complexity index is 1040. The average Bonchev–Trinajstić information content (AvgIpc) is 2.91. The molecule has 0 aliphatic carbocycles. The first kappa shape index (κ1) is 18.7. The summed E-state index contributed by atoms with van der Waals surface area (Å²) in [6.07, 6.45) is -0.992. The lowest BCUT2D eigenvalue weighted by molar-refractivity contribution is -0.159. The van der Waals surface area contributed by atoms with Crippen molar-refractivity contribution in [2.45, 2.75) is 17.9 Å². The van der Waals surface area contributed by atoms with Crippen LogP contribution in [-0.4, -0.2) is 64.1 Å². The smallest absolute Gasteiger partial charge is 0.327 e. The molecule has 1 amide bonds. The van der Waals surface area contributed by atoms with Crippen molar-refractivity contribution in [3.8, 4) is 0 Å². The van der Waals surface area contributed by atoms with Crippen molar-refractivity contribution < 1.29 is 27.5 Å². The molecule has 9 heteroatoms. The van der Waals surface area contributed by atoms with Gasteiger partial charge in [0.05, 0.1) is 23.8 Å². The Balaban J connectivity index is 1.51. The second-order valence-electron chi connectivity index (χ2n) is 6.71. The van der Waals surface area contributed by atoms with Crippen LogP contribution in [0.4, 0.5) is 5.69 Å². The van der Waals surface area contributed by atoms with E-state index in [1.54, 1.807) is 23.1 Å². The van der Waals surface area contributed by atoms with E-state index in [2.05, 4.69) is 0 Å². The molecule has 0 N–H and O–H groups in total. The van der Waals surface area contributed by atoms with E-state index in [-0.39, 0.29) is 10.8 Å². The van der Waals surface area contributed by atoms with Gasteiger partial charge in [0.25, 0.3) is 15.9 Å². The second-order valence-corrected chi connectivity index (χ2v) is 8.54. The van der Waals surface area contributed by atoms with Crippen LogP contribution in [0.2, 0.25) is 0 Å². The molecule has 1 fully saturated rings. The van der Waals surface area contributed by atoms with Crippen molar-refractivity contribution in [3.05, 3.63) is 36.4 Å². The van der Waals surface area contributed by atoms with Gasteiger partial charge in [0, 0.05) is 18.5 Å². The summed E-state index contributed by atoms with van der Waals surface area (Å²) in [5.74, 6) is -1.09. The van der Waals surface area contributed by atoms with Gasteiger partial charge in [-0.2, -0.15) is 0 Å². The van der Waals surface area contributed by atoms with Crippen molar-refractivity contribution in [2.75, 3.05) is 37.2 Å². The SMILES string of the molecule is CC(OC(=O)CN1c2cccc3cccc(c23)S1(=O)=O)C(=O)N1CCOCC1. The fraction of sp³-hybridized carbons (Fsp3) is 0.368. The van der Waals surface area contributed by atoms with E-state index >= 15 is 0 Å². The number of carbonyl (C=O) groups is 2. The largest absolute Gasteiger partial charge is 0.451 e. The Morgan fingerprint density at radius 3 is 2.54 bits per heavy atom. The first-order chi connectivity index (χ1) is 13.4. The van der Waals surface area contributed by atoms with Gasteiger partial charge in [-0.3, -0.25) is 13.9 Å². The number of nitrogens with zero attached hydrogens (tertiary/aromatic N) is 2. The predicted molar refractivity (Wildman–Crippen MR) is 101 cm³/mol. The molecule has 2 aromatic carbocycles. The number of amides is 1. The first-order valence-electron chi connectivity index (χ1n) is 9.00. The Kier molecular flexibility index (Phi) is 4.72. The minimum atomic E-state index is -3.85. The maximum absolute atomic E-state index is 12.9. The summed E-state index contributed by atoms with van der Waals surface area (Å²) in [4.78, 5) is 26.6. The third-order valence-corrected chi connectivity index (χ3v) is 6.73. The maximum Gasteiger partial charge on any atom is 0.327 e. The number of anilines is 1. The molecule has 0 radical (unpaired) electrons. The Morgan fingerprint density at radius 2 is 1.82 bits per heavy atom. The highest BCUT2D eigenvalue weighted by atomic mass is 32.2. The summed E-state index contributed by atoms with van der Waals surface area (Å²) in [5.41, 5.74) is 0.442. The fourth-order valence-electron chi connectivity index (χ4n) is 3.57. The van der Waals surface area contributed by atoms with Gasteiger partial charge in [-0.05, 0) is 24.4 Å². The molecule has 2 aromatic rings. The normalized spacial score (nSPS) is 18.9. The highest BCUT2D eigenvalue weighted by Crippen LogP contribution is 2.41.